The zero-order chi connectivity index (χ0) is 21.0. The molecule has 0 aliphatic heterocycles. The van der Waals surface area contributed by atoms with Crippen molar-refractivity contribution in [3.63, 3.8) is 0 Å². The Hall–Kier alpha value is -3.74. The molecule has 7 nitrogen and oxygen atoms in total. The second kappa shape index (κ2) is 8.52. The first kappa shape index (κ1) is 20.0. The predicted molar refractivity (Wildman–Crippen MR) is 115 cm³/mol. The van der Waals surface area contributed by atoms with Gasteiger partial charge in [0.1, 0.15) is 5.69 Å². The molecule has 0 atom stereocenters. The average Bonchev–Trinajstić information content (AvgIpc) is 2.64. The zero-order valence-electron chi connectivity index (χ0n) is 16.8. The van der Waals surface area contributed by atoms with Crippen LogP contribution in [0.1, 0.15) is 34.2 Å². The van der Waals surface area contributed by atoms with Crippen LogP contribution in [-0.4, -0.2) is 21.8 Å². The summed E-state index contributed by atoms with van der Waals surface area (Å²) in [7, 11) is 0. The van der Waals surface area contributed by atoms with Gasteiger partial charge in [0.05, 0.1) is 0 Å². The molecule has 1 aromatic heterocycles. The van der Waals surface area contributed by atoms with Crippen molar-refractivity contribution in [2.75, 3.05) is 16.0 Å². The first-order valence-electron chi connectivity index (χ1n) is 9.19. The van der Waals surface area contributed by atoms with E-state index in [2.05, 4.69) is 25.9 Å². The number of benzene rings is 2. The molecule has 0 fully saturated rings. The van der Waals surface area contributed by atoms with Gasteiger partial charge in [0, 0.05) is 29.7 Å². The lowest BCUT2D eigenvalue weighted by molar-refractivity contribution is -0.114. The van der Waals surface area contributed by atoms with Crippen LogP contribution in [-0.2, 0) is 4.79 Å². The number of hydrogen-bond donors (Lipinski definition) is 3. The number of carbonyl (C=O) groups excluding carboxylic acids is 2. The van der Waals surface area contributed by atoms with Gasteiger partial charge in [-0.05, 0) is 68.3 Å². The third kappa shape index (κ3) is 5.38. The number of aryl methyl sites for hydroxylation is 3. The van der Waals surface area contributed by atoms with Gasteiger partial charge in [-0.15, -0.1) is 0 Å². The van der Waals surface area contributed by atoms with E-state index in [0.29, 0.717) is 28.7 Å². The zero-order valence-corrected chi connectivity index (χ0v) is 16.8. The molecular formula is C22H23N5O2. The summed E-state index contributed by atoms with van der Waals surface area (Å²) in [6.45, 7) is 7.27. The summed E-state index contributed by atoms with van der Waals surface area (Å²) >= 11 is 0. The molecule has 148 valence electrons. The molecule has 0 saturated carbocycles. The fourth-order valence-electron chi connectivity index (χ4n) is 2.76. The molecule has 0 unspecified atom stereocenters. The van der Waals surface area contributed by atoms with Gasteiger partial charge in [0.25, 0.3) is 5.91 Å². The van der Waals surface area contributed by atoms with Crippen LogP contribution in [0.4, 0.5) is 23.0 Å². The first-order chi connectivity index (χ1) is 13.8. The minimum Gasteiger partial charge on any atom is -0.326 e. The number of amides is 2. The SMILES string of the molecule is CC(=O)Nc1cccc(Nc2nc(C)cc(C(=O)Nc3ccc(C)c(C)c3)n2)c1. The number of carbonyl (C=O) groups is 2. The van der Waals surface area contributed by atoms with Crippen LogP contribution in [0.5, 0.6) is 0 Å². The maximum Gasteiger partial charge on any atom is 0.274 e. The highest BCUT2D eigenvalue weighted by molar-refractivity contribution is 6.03. The molecule has 0 aliphatic carbocycles. The molecule has 2 aromatic carbocycles. The third-order valence-corrected chi connectivity index (χ3v) is 4.29. The summed E-state index contributed by atoms with van der Waals surface area (Å²) in [6.07, 6.45) is 0. The van der Waals surface area contributed by atoms with E-state index in [4.69, 9.17) is 0 Å². The monoisotopic (exact) mass is 389 g/mol. The van der Waals surface area contributed by atoms with Gasteiger partial charge in [-0.2, -0.15) is 0 Å². The van der Waals surface area contributed by atoms with E-state index in [9.17, 15) is 9.59 Å². The smallest absolute Gasteiger partial charge is 0.274 e. The van der Waals surface area contributed by atoms with Crippen molar-refractivity contribution in [2.24, 2.45) is 0 Å². The number of aromatic nitrogens is 2. The second-order valence-electron chi connectivity index (χ2n) is 6.86. The van der Waals surface area contributed by atoms with E-state index >= 15 is 0 Å². The first-order valence-corrected chi connectivity index (χ1v) is 9.19. The highest BCUT2D eigenvalue weighted by Crippen LogP contribution is 2.19. The molecule has 0 bridgehead atoms. The van der Waals surface area contributed by atoms with E-state index in [1.807, 2.05) is 38.1 Å². The maximum atomic E-state index is 12.7. The Morgan fingerprint density at radius 2 is 1.52 bits per heavy atom. The summed E-state index contributed by atoms with van der Waals surface area (Å²) in [5.74, 6) is -0.164. The predicted octanol–water partition coefficient (Wildman–Crippen LogP) is 4.36. The minimum atomic E-state index is -0.311. The van der Waals surface area contributed by atoms with Crippen LogP contribution in [0.3, 0.4) is 0 Å². The van der Waals surface area contributed by atoms with E-state index in [1.54, 1.807) is 31.2 Å². The van der Waals surface area contributed by atoms with Gasteiger partial charge in [0.15, 0.2) is 0 Å². The van der Waals surface area contributed by atoms with Gasteiger partial charge in [-0.1, -0.05) is 12.1 Å². The molecule has 0 aliphatic rings. The molecule has 3 N–H and O–H groups in total. The second-order valence-corrected chi connectivity index (χ2v) is 6.86. The van der Waals surface area contributed by atoms with E-state index in [0.717, 1.165) is 11.1 Å². The number of nitrogens with one attached hydrogen (secondary N) is 3. The molecule has 3 rings (SSSR count). The summed E-state index contributed by atoms with van der Waals surface area (Å²) in [4.78, 5) is 32.6. The number of anilines is 4. The molecule has 3 aromatic rings. The number of rotatable bonds is 5. The van der Waals surface area contributed by atoms with E-state index in [1.165, 1.54) is 6.92 Å². The highest BCUT2D eigenvalue weighted by Gasteiger charge is 2.12. The lowest BCUT2D eigenvalue weighted by Crippen LogP contribution is -2.15. The fourth-order valence-corrected chi connectivity index (χ4v) is 2.76. The van der Waals surface area contributed by atoms with Crippen LogP contribution < -0.4 is 16.0 Å². The van der Waals surface area contributed by atoms with Crippen LogP contribution in [0, 0.1) is 20.8 Å². The Morgan fingerprint density at radius 3 is 2.24 bits per heavy atom. The molecular weight excluding hydrogens is 366 g/mol. The average molecular weight is 389 g/mol. The van der Waals surface area contributed by atoms with Gasteiger partial charge in [-0.3, -0.25) is 9.59 Å². The summed E-state index contributed by atoms with van der Waals surface area (Å²) in [5.41, 5.74) is 5.25. The van der Waals surface area contributed by atoms with Crippen molar-refractivity contribution >= 4 is 34.8 Å². The number of hydrogen-bond acceptors (Lipinski definition) is 5. The molecule has 29 heavy (non-hydrogen) atoms. The van der Waals surface area contributed by atoms with Crippen molar-refractivity contribution in [1.82, 2.24) is 9.97 Å². The lowest BCUT2D eigenvalue weighted by Gasteiger charge is -2.11. The molecule has 0 saturated heterocycles. The van der Waals surface area contributed by atoms with Gasteiger partial charge < -0.3 is 16.0 Å². The Labute approximate surface area is 169 Å². The van der Waals surface area contributed by atoms with Crippen LogP contribution in [0.25, 0.3) is 0 Å². The van der Waals surface area contributed by atoms with E-state index < -0.39 is 0 Å². The van der Waals surface area contributed by atoms with Crippen LogP contribution >= 0.6 is 0 Å². The summed E-state index contributed by atoms with van der Waals surface area (Å²) < 4.78 is 0. The maximum absolute atomic E-state index is 12.7. The Morgan fingerprint density at radius 1 is 0.793 bits per heavy atom. The third-order valence-electron chi connectivity index (χ3n) is 4.29. The summed E-state index contributed by atoms with van der Waals surface area (Å²) in [5, 5.41) is 8.68. The topological polar surface area (TPSA) is 96.0 Å². The molecule has 0 radical (unpaired) electrons. The van der Waals surface area contributed by atoms with Crippen LogP contribution in [0.15, 0.2) is 48.5 Å². The Kier molecular flexibility index (Phi) is 5.87. The Bertz CT molecular complexity index is 1080. The van der Waals surface area contributed by atoms with Crippen molar-refractivity contribution in [2.45, 2.75) is 27.7 Å². The quantitative estimate of drug-likeness (QED) is 0.603. The minimum absolute atomic E-state index is 0.153. The van der Waals surface area contributed by atoms with E-state index in [-0.39, 0.29) is 17.5 Å². The molecule has 7 heteroatoms. The van der Waals surface area contributed by atoms with Crippen LogP contribution in [0.2, 0.25) is 0 Å². The molecule has 1 heterocycles. The van der Waals surface area contributed by atoms with Gasteiger partial charge in [-0.25, -0.2) is 9.97 Å². The molecule has 2 amide bonds. The Balaban J connectivity index is 1.79. The van der Waals surface area contributed by atoms with Crippen molar-refractivity contribution in [3.05, 3.63) is 71.0 Å². The van der Waals surface area contributed by atoms with Crippen molar-refractivity contribution in [3.8, 4) is 0 Å². The van der Waals surface area contributed by atoms with Crippen molar-refractivity contribution < 1.29 is 9.59 Å². The normalized spacial score (nSPS) is 10.3. The highest BCUT2D eigenvalue weighted by atomic mass is 16.2. The van der Waals surface area contributed by atoms with Gasteiger partial charge in [0.2, 0.25) is 11.9 Å². The fraction of sp³-hybridized carbons (Fsp3) is 0.182. The number of nitrogens with zero attached hydrogens (tertiary/aromatic N) is 2. The molecule has 0 spiro atoms. The largest absolute Gasteiger partial charge is 0.326 e. The lowest BCUT2D eigenvalue weighted by atomic mass is 10.1. The van der Waals surface area contributed by atoms with Gasteiger partial charge >= 0.3 is 0 Å². The standard InChI is InChI=1S/C22H23N5O2/c1-13-8-9-19(10-14(13)2)25-21(29)20-11-15(3)23-22(27-20)26-18-7-5-6-17(12-18)24-16(4)28/h5-12H,1-4H3,(H,24,28)(H,25,29)(H,23,26,27). The van der Waals surface area contributed by atoms with Crippen molar-refractivity contribution in [1.29, 1.82) is 0 Å². The summed E-state index contributed by atoms with van der Waals surface area (Å²) in [6, 6.07) is 14.6.